The number of ketones is 1. The predicted octanol–water partition coefficient (Wildman–Crippen LogP) is 3.87. The van der Waals surface area contributed by atoms with Crippen molar-refractivity contribution < 1.29 is 9.90 Å². The van der Waals surface area contributed by atoms with Gasteiger partial charge in [0.2, 0.25) is 0 Å². The summed E-state index contributed by atoms with van der Waals surface area (Å²) in [6.07, 6.45) is 10.6. The Labute approximate surface area is 178 Å². The molecule has 0 aromatic heterocycles. The summed E-state index contributed by atoms with van der Waals surface area (Å²) in [6.45, 7) is 11.5. The van der Waals surface area contributed by atoms with Gasteiger partial charge >= 0.3 is 0 Å². The fraction of sp³-hybridized carbons (Fsp3) is 0.960. The van der Waals surface area contributed by atoms with Crippen molar-refractivity contribution in [1.29, 1.82) is 0 Å². The minimum absolute atomic E-state index is 0.240. The van der Waals surface area contributed by atoms with E-state index in [2.05, 4.69) is 24.1 Å². The number of Topliss-reactive ketones (excluding diaryl/α,β-unsaturated/α-hetero) is 1. The summed E-state index contributed by atoms with van der Waals surface area (Å²) in [5, 5.41) is 14.0. The van der Waals surface area contributed by atoms with Gasteiger partial charge in [0.15, 0.2) is 0 Å². The van der Waals surface area contributed by atoms with Gasteiger partial charge in [-0.15, -0.1) is 0 Å². The molecule has 3 saturated carbocycles. The third-order valence-electron chi connectivity index (χ3n) is 9.60. The zero-order valence-corrected chi connectivity index (χ0v) is 19.1. The lowest BCUT2D eigenvalue weighted by atomic mass is 9.56. The normalized spacial score (nSPS) is 46.4. The monoisotopic (exact) mass is 404 g/mol. The zero-order valence-electron chi connectivity index (χ0n) is 19.1. The van der Waals surface area contributed by atoms with E-state index in [1.165, 1.54) is 38.5 Å². The Kier molecular flexibility index (Phi) is 6.45. The molecule has 29 heavy (non-hydrogen) atoms. The maximum atomic E-state index is 13.2. The lowest BCUT2D eigenvalue weighted by molar-refractivity contribution is -0.129. The fourth-order valence-electron chi connectivity index (χ4n) is 7.77. The van der Waals surface area contributed by atoms with Crippen LogP contribution < -0.4 is 5.32 Å². The van der Waals surface area contributed by atoms with E-state index in [9.17, 15) is 9.90 Å². The van der Waals surface area contributed by atoms with E-state index in [-0.39, 0.29) is 11.3 Å². The van der Waals surface area contributed by atoms with Crippen molar-refractivity contribution in [3.8, 4) is 0 Å². The number of carbonyl (C=O) groups is 1. The Morgan fingerprint density at radius 2 is 1.86 bits per heavy atom. The molecule has 4 rings (SSSR count). The van der Waals surface area contributed by atoms with E-state index >= 15 is 0 Å². The Morgan fingerprint density at radius 1 is 1.10 bits per heavy atom. The Hall–Kier alpha value is -0.450. The highest BCUT2D eigenvalue weighted by atomic mass is 16.3. The second kappa shape index (κ2) is 8.59. The predicted molar refractivity (Wildman–Crippen MR) is 118 cm³/mol. The molecular formula is C25H44N2O2. The summed E-state index contributed by atoms with van der Waals surface area (Å²) >= 11 is 0. The van der Waals surface area contributed by atoms with E-state index in [1.807, 2.05) is 6.92 Å². The molecule has 166 valence electrons. The highest BCUT2D eigenvalue weighted by Gasteiger charge is 2.53. The van der Waals surface area contributed by atoms with Gasteiger partial charge in [-0.1, -0.05) is 20.3 Å². The van der Waals surface area contributed by atoms with Crippen molar-refractivity contribution in [2.75, 3.05) is 32.7 Å². The molecule has 2 N–H and O–H groups in total. The Balaban J connectivity index is 1.38. The number of hydrogen-bond acceptors (Lipinski definition) is 4. The molecule has 4 aliphatic rings. The highest BCUT2D eigenvalue weighted by Crippen LogP contribution is 2.59. The molecule has 0 aromatic carbocycles. The highest BCUT2D eigenvalue weighted by molar-refractivity contribution is 5.84. The summed E-state index contributed by atoms with van der Waals surface area (Å²) in [4.78, 5) is 15.6. The number of carbonyl (C=O) groups excluding carboxylic acids is 1. The van der Waals surface area contributed by atoms with Crippen LogP contribution in [0.25, 0.3) is 0 Å². The van der Waals surface area contributed by atoms with Crippen LogP contribution in [-0.4, -0.2) is 54.1 Å². The number of nitrogens with zero attached hydrogens (tertiary/aromatic N) is 1. The zero-order chi connectivity index (χ0) is 20.6. The molecule has 1 aliphatic heterocycles. The topological polar surface area (TPSA) is 52.6 Å². The second-order valence-corrected chi connectivity index (χ2v) is 11.4. The molecule has 7 unspecified atom stereocenters. The molecule has 4 heteroatoms. The number of aliphatic hydroxyl groups is 1. The molecule has 0 aromatic rings. The van der Waals surface area contributed by atoms with Crippen LogP contribution >= 0.6 is 0 Å². The SMILES string of the molecule is CCC1CC(C)(O)CCC1C1CCC2(C)C(CCC2C(=O)CN2CCNCC2)C1. The number of nitrogens with one attached hydrogen (secondary N) is 1. The molecule has 7 atom stereocenters. The van der Waals surface area contributed by atoms with Crippen LogP contribution in [0.5, 0.6) is 0 Å². The van der Waals surface area contributed by atoms with Gasteiger partial charge in [0.25, 0.3) is 0 Å². The van der Waals surface area contributed by atoms with Crippen molar-refractivity contribution in [2.24, 2.45) is 35.0 Å². The van der Waals surface area contributed by atoms with Gasteiger partial charge in [-0.2, -0.15) is 0 Å². The fourth-order valence-corrected chi connectivity index (χ4v) is 7.77. The molecule has 4 nitrogen and oxygen atoms in total. The largest absolute Gasteiger partial charge is 0.390 e. The maximum Gasteiger partial charge on any atom is 0.150 e. The summed E-state index contributed by atoms with van der Waals surface area (Å²) in [7, 11) is 0. The standard InChI is InChI=1S/C25H44N2O2/c1-4-18-16-24(2,29)9-8-21(18)19-7-10-25(3)20(15-19)5-6-22(25)23(28)17-27-13-11-26-12-14-27/h18-22,26,29H,4-17H2,1-3H3. The van der Waals surface area contributed by atoms with Gasteiger partial charge in [0, 0.05) is 32.1 Å². The first-order valence-electron chi connectivity index (χ1n) is 12.5. The van der Waals surface area contributed by atoms with E-state index < -0.39 is 5.60 Å². The van der Waals surface area contributed by atoms with E-state index in [0.29, 0.717) is 18.2 Å². The van der Waals surface area contributed by atoms with Crippen molar-refractivity contribution in [3.63, 3.8) is 0 Å². The number of piperazine rings is 1. The first-order valence-corrected chi connectivity index (χ1v) is 12.5. The van der Waals surface area contributed by atoms with Crippen LogP contribution in [0, 0.1) is 35.0 Å². The summed E-state index contributed by atoms with van der Waals surface area (Å²) in [6, 6.07) is 0. The van der Waals surface area contributed by atoms with Crippen LogP contribution in [0.2, 0.25) is 0 Å². The molecule has 4 fully saturated rings. The van der Waals surface area contributed by atoms with Crippen LogP contribution in [0.15, 0.2) is 0 Å². The molecule has 0 spiro atoms. The third kappa shape index (κ3) is 4.45. The van der Waals surface area contributed by atoms with Crippen LogP contribution in [0.1, 0.15) is 78.6 Å². The van der Waals surface area contributed by atoms with Crippen LogP contribution in [0.3, 0.4) is 0 Å². The van der Waals surface area contributed by atoms with Gasteiger partial charge in [-0.25, -0.2) is 0 Å². The smallest absolute Gasteiger partial charge is 0.150 e. The lowest BCUT2D eigenvalue weighted by Gasteiger charge is -2.49. The average molecular weight is 405 g/mol. The second-order valence-electron chi connectivity index (χ2n) is 11.4. The number of rotatable bonds is 5. The molecular weight excluding hydrogens is 360 g/mol. The Bertz CT molecular complexity index is 585. The first-order chi connectivity index (χ1) is 13.8. The molecule has 0 bridgehead atoms. The number of hydrogen-bond donors (Lipinski definition) is 2. The number of fused-ring (bicyclic) bond motifs is 1. The van der Waals surface area contributed by atoms with Gasteiger partial charge in [0.1, 0.15) is 5.78 Å². The molecule has 3 aliphatic carbocycles. The maximum absolute atomic E-state index is 13.2. The van der Waals surface area contributed by atoms with Crippen LogP contribution in [-0.2, 0) is 4.79 Å². The minimum Gasteiger partial charge on any atom is -0.390 e. The van der Waals surface area contributed by atoms with E-state index in [4.69, 9.17) is 0 Å². The molecule has 0 amide bonds. The molecule has 1 heterocycles. The van der Waals surface area contributed by atoms with E-state index in [0.717, 1.165) is 63.2 Å². The minimum atomic E-state index is -0.449. The quantitative estimate of drug-likeness (QED) is 0.730. The van der Waals surface area contributed by atoms with Gasteiger partial charge < -0.3 is 10.4 Å². The first kappa shape index (κ1) is 21.8. The third-order valence-corrected chi connectivity index (χ3v) is 9.60. The molecule has 1 saturated heterocycles. The van der Waals surface area contributed by atoms with Crippen LogP contribution in [0.4, 0.5) is 0 Å². The lowest BCUT2D eigenvalue weighted by Crippen LogP contribution is -2.48. The van der Waals surface area contributed by atoms with E-state index in [1.54, 1.807) is 0 Å². The van der Waals surface area contributed by atoms with Crippen molar-refractivity contribution >= 4 is 5.78 Å². The summed E-state index contributed by atoms with van der Waals surface area (Å²) in [5.74, 6) is 3.84. The Morgan fingerprint density at radius 3 is 2.59 bits per heavy atom. The van der Waals surface area contributed by atoms with Crippen molar-refractivity contribution in [1.82, 2.24) is 10.2 Å². The summed E-state index contributed by atoms with van der Waals surface area (Å²) in [5.41, 5.74) is -0.210. The average Bonchev–Trinajstić information content (AvgIpc) is 3.04. The van der Waals surface area contributed by atoms with Crippen molar-refractivity contribution in [3.05, 3.63) is 0 Å². The molecule has 0 radical (unpaired) electrons. The van der Waals surface area contributed by atoms with Gasteiger partial charge in [0.05, 0.1) is 12.1 Å². The van der Waals surface area contributed by atoms with Gasteiger partial charge in [-0.3, -0.25) is 9.69 Å². The summed E-state index contributed by atoms with van der Waals surface area (Å²) < 4.78 is 0. The van der Waals surface area contributed by atoms with Gasteiger partial charge in [-0.05, 0) is 87.4 Å². The van der Waals surface area contributed by atoms with Crippen molar-refractivity contribution in [2.45, 2.75) is 84.2 Å².